The predicted molar refractivity (Wildman–Crippen MR) is 50.8 cm³/mol. The molecule has 0 aliphatic heterocycles. The number of benzene rings is 1. The fourth-order valence-electron chi connectivity index (χ4n) is 0.852. The third-order valence-electron chi connectivity index (χ3n) is 1.54. The molecule has 3 nitrogen and oxygen atoms in total. The molecule has 0 unspecified atom stereocenters. The van der Waals surface area contributed by atoms with Gasteiger partial charge in [0.05, 0.1) is 17.8 Å². The summed E-state index contributed by atoms with van der Waals surface area (Å²) in [7, 11) is 0. The van der Waals surface area contributed by atoms with Crippen LogP contribution in [0.25, 0.3) is 0 Å². The molecule has 0 fully saturated rings. The molecule has 1 rings (SSSR count). The summed E-state index contributed by atoms with van der Waals surface area (Å²) in [5.41, 5.74) is 1.02. The van der Waals surface area contributed by atoms with Crippen molar-refractivity contribution in [2.45, 2.75) is 6.18 Å². The third-order valence-corrected chi connectivity index (χ3v) is 1.54. The van der Waals surface area contributed by atoms with Crippen LogP contribution in [0, 0.1) is 11.3 Å². The highest BCUT2D eigenvalue weighted by Gasteiger charge is 2.28. The fraction of sp³-hybridized carbons (Fsp3) is 0.200. The van der Waals surface area contributed by atoms with E-state index < -0.39 is 12.8 Å². The molecule has 0 bridgehead atoms. The highest BCUT2D eigenvalue weighted by Crippen LogP contribution is 2.14. The monoisotopic (exact) mass is 228 g/mol. The van der Waals surface area contributed by atoms with E-state index in [9.17, 15) is 13.2 Å². The van der Waals surface area contributed by atoms with E-state index in [0.717, 1.165) is 6.21 Å². The minimum atomic E-state index is -4.39. The average Bonchev–Trinajstić information content (AvgIpc) is 2.24. The van der Waals surface area contributed by atoms with Crippen molar-refractivity contribution in [1.82, 2.24) is 0 Å². The average molecular weight is 228 g/mol. The number of nitrogens with zero attached hydrogens (tertiary/aromatic N) is 2. The number of rotatable bonds is 3. The molecular weight excluding hydrogens is 221 g/mol. The van der Waals surface area contributed by atoms with Gasteiger partial charge in [0.25, 0.3) is 0 Å². The number of halogens is 3. The summed E-state index contributed by atoms with van der Waals surface area (Å²) >= 11 is 0. The van der Waals surface area contributed by atoms with E-state index in [0.29, 0.717) is 11.1 Å². The zero-order valence-corrected chi connectivity index (χ0v) is 8.03. The summed E-state index contributed by atoms with van der Waals surface area (Å²) in [6.45, 7) is -1.42. The highest BCUT2D eigenvalue weighted by atomic mass is 19.4. The largest absolute Gasteiger partial charge is 0.425 e. The molecule has 16 heavy (non-hydrogen) atoms. The van der Waals surface area contributed by atoms with Crippen LogP contribution in [0.15, 0.2) is 29.4 Å². The van der Waals surface area contributed by atoms with Crippen LogP contribution in [-0.4, -0.2) is 19.0 Å². The van der Waals surface area contributed by atoms with Crippen LogP contribution in [0.1, 0.15) is 11.1 Å². The predicted octanol–water partition coefficient (Wildman–Crippen LogP) is 2.47. The summed E-state index contributed by atoms with van der Waals surface area (Å²) in [4.78, 5) is 4.04. The van der Waals surface area contributed by atoms with Crippen LogP contribution in [-0.2, 0) is 4.84 Å². The lowest BCUT2D eigenvalue weighted by atomic mass is 10.2. The lowest BCUT2D eigenvalue weighted by Crippen LogP contribution is -2.14. The highest BCUT2D eigenvalue weighted by molar-refractivity contribution is 5.79. The van der Waals surface area contributed by atoms with Crippen molar-refractivity contribution in [3.8, 4) is 6.07 Å². The van der Waals surface area contributed by atoms with E-state index in [1.807, 2.05) is 6.07 Å². The molecule has 0 saturated carbocycles. The number of alkyl halides is 3. The van der Waals surface area contributed by atoms with Gasteiger partial charge >= 0.3 is 6.18 Å². The van der Waals surface area contributed by atoms with Crippen LogP contribution in [0.2, 0.25) is 0 Å². The zero-order chi connectivity index (χ0) is 12.0. The van der Waals surface area contributed by atoms with Gasteiger partial charge in [-0.2, -0.15) is 18.4 Å². The first-order valence-electron chi connectivity index (χ1n) is 4.23. The van der Waals surface area contributed by atoms with Gasteiger partial charge in [-0.15, -0.1) is 0 Å². The van der Waals surface area contributed by atoms with Gasteiger partial charge in [0.15, 0.2) is 0 Å². The van der Waals surface area contributed by atoms with Crippen molar-refractivity contribution in [2.24, 2.45) is 5.16 Å². The normalized spacial score (nSPS) is 11.4. The number of oxime groups is 1. The molecule has 1 aromatic rings. The molecule has 1 aromatic carbocycles. The Hall–Kier alpha value is -2.03. The summed E-state index contributed by atoms with van der Waals surface area (Å²) in [6.07, 6.45) is -3.24. The Bertz CT molecular complexity index is 404. The van der Waals surface area contributed by atoms with Gasteiger partial charge in [-0.05, 0) is 17.7 Å². The minimum Gasteiger partial charge on any atom is -0.386 e. The maximum absolute atomic E-state index is 11.6. The van der Waals surface area contributed by atoms with Crippen LogP contribution in [0.3, 0.4) is 0 Å². The van der Waals surface area contributed by atoms with Crippen LogP contribution < -0.4 is 0 Å². The van der Waals surface area contributed by atoms with E-state index in [4.69, 9.17) is 5.26 Å². The number of nitriles is 1. The Morgan fingerprint density at radius 1 is 1.31 bits per heavy atom. The van der Waals surface area contributed by atoms with Gasteiger partial charge in [0, 0.05) is 0 Å². The third kappa shape index (κ3) is 4.46. The van der Waals surface area contributed by atoms with Crippen molar-refractivity contribution in [3.63, 3.8) is 0 Å². The Morgan fingerprint density at radius 3 is 2.44 bits per heavy atom. The molecule has 0 N–H and O–H groups in total. The maximum atomic E-state index is 11.6. The van der Waals surface area contributed by atoms with E-state index >= 15 is 0 Å². The summed E-state index contributed by atoms with van der Waals surface area (Å²) in [5, 5.41) is 11.7. The Morgan fingerprint density at radius 2 is 1.94 bits per heavy atom. The van der Waals surface area contributed by atoms with Crippen LogP contribution in [0.4, 0.5) is 13.2 Å². The Labute approximate surface area is 89.7 Å². The van der Waals surface area contributed by atoms with E-state index in [1.165, 1.54) is 12.1 Å². The fourth-order valence-corrected chi connectivity index (χ4v) is 0.852. The summed E-state index contributed by atoms with van der Waals surface area (Å²) < 4.78 is 34.9. The second-order valence-electron chi connectivity index (χ2n) is 2.86. The molecule has 0 radical (unpaired) electrons. The van der Waals surface area contributed by atoms with Crippen molar-refractivity contribution >= 4 is 6.21 Å². The molecule has 0 aliphatic rings. The second kappa shape index (κ2) is 5.16. The van der Waals surface area contributed by atoms with E-state index in [-0.39, 0.29) is 0 Å². The quantitative estimate of drug-likeness (QED) is 0.589. The number of hydrogen-bond acceptors (Lipinski definition) is 3. The minimum absolute atomic E-state index is 0.466. The molecule has 0 saturated heterocycles. The lowest BCUT2D eigenvalue weighted by molar-refractivity contribution is -0.173. The SMILES string of the molecule is N#Cc1ccc(C=NOCC(F)(F)F)cc1. The second-order valence-corrected chi connectivity index (χ2v) is 2.86. The molecule has 0 aromatic heterocycles. The Balaban J connectivity index is 2.48. The summed E-state index contributed by atoms with van der Waals surface area (Å²) in [5.74, 6) is 0. The molecule has 0 spiro atoms. The van der Waals surface area contributed by atoms with Gasteiger partial charge in [-0.3, -0.25) is 0 Å². The zero-order valence-electron chi connectivity index (χ0n) is 8.03. The molecule has 0 heterocycles. The van der Waals surface area contributed by atoms with Gasteiger partial charge in [0.2, 0.25) is 6.61 Å². The molecule has 6 heteroatoms. The van der Waals surface area contributed by atoms with Gasteiger partial charge in [0.1, 0.15) is 0 Å². The Kier molecular flexibility index (Phi) is 3.89. The standard InChI is InChI=1S/C10H7F3N2O/c11-10(12,13)7-16-15-6-9-3-1-8(5-14)2-4-9/h1-4,6H,7H2. The topological polar surface area (TPSA) is 45.4 Å². The van der Waals surface area contributed by atoms with Crippen molar-refractivity contribution in [3.05, 3.63) is 35.4 Å². The van der Waals surface area contributed by atoms with Crippen LogP contribution >= 0.6 is 0 Å². The van der Waals surface area contributed by atoms with Crippen LogP contribution in [0.5, 0.6) is 0 Å². The first-order valence-corrected chi connectivity index (χ1v) is 4.23. The first-order chi connectivity index (χ1) is 7.51. The molecular formula is C10H7F3N2O. The molecule has 0 atom stereocenters. The van der Waals surface area contributed by atoms with Crippen molar-refractivity contribution in [2.75, 3.05) is 6.61 Å². The number of hydrogen-bond donors (Lipinski definition) is 0. The lowest BCUT2D eigenvalue weighted by Gasteiger charge is -2.02. The van der Waals surface area contributed by atoms with Gasteiger partial charge in [-0.1, -0.05) is 17.3 Å². The molecule has 0 amide bonds. The first kappa shape index (κ1) is 12.0. The van der Waals surface area contributed by atoms with Crippen molar-refractivity contribution < 1.29 is 18.0 Å². The molecule has 0 aliphatic carbocycles. The van der Waals surface area contributed by atoms with E-state index in [1.54, 1.807) is 12.1 Å². The van der Waals surface area contributed by atoms with E-state index in [2.05, 4.69) is 9.99 Å². The van der Waals surface area contributed by atoms with Gasteiger partial charge in [-0.25, -0.2) is 0 Å². The molecule has 84 valence electrons. The smallest absolute Gasteiger partial charge is 0.386 e. The van der Waals surface area contributed by atoms with Gasteiger partial charge < -0.3 is 4.84 Å². The maximum Gasteiger partial charge on any atom is 0.425 e. The summed E-state index contributed by atoms with van der Waals surface area (Å²) in [6, 6.07) is 8.09. The van der Waals surface area contributed by atoms with Crippen molar-refractivity contribution in [1.29, 1.82) is 5.26 Å².